The van der Waals surface area contributed by atoms with Gasteiger partial charge in [0.05, 0.1) is 11.2 Å². The number of aryl methyl sites for hydroxylation is 1. The Hall–Kier alpha value is -1.70. The van der Waals surface area contributed by atoms with Crippen molar-refractivity contribution in [1.82, 2.24) is 15.3 Å². The molecule has 1 aromatic carbocycles. The van der Waals surface area contributed by atoms with Crippen molar-refractivity contribution in [2.75, 3.05) is 6.61 Å². The first-order chi connectivity index (χ1) is 12.7. The normalized spacial score (nSPS) is 17.0. The van der Waals surface area contributed by atoms with E-state index in [4.69, 9.17) is 21.1 Å². The smallest absolute Gasteiger partial charge is 0.327 e. The zero-order valence-corrected chi connectivity index (χ0v) is 17.5. The molecular weight excluding hydrogens is 386 g/mol. The fourth-order valence-corrected chi connectivity index (χ4v) is 4.03. The number of benzene rings is 1. The van der Waals surface area contributed by atoms with E-state index < -0.39 is 11.6 Å². The molecule has 0 aliphatic carbocycles. The number of thioether (sulfide) groups is 1. The largest absolute Gasteiger partial charge is 0.491 e. The highest BCUT2D eigenvalue weighted by Gasteiger charge is 2.29. The Morgan fingerprint density at radius 3 is 2.89 bits per heavy atom. The number of nitrogens with one attached hydrogen (secondary N) is 2. The van der Waals surface area contributed by atoms with Crippen molar-refractivity contribution >= 4 is 29.3 Å². The molecule has 0 radical (unpaired) electrons. The van der Waals surface area contributed by atoms with Crippen molar-refractivity contribution in [3.8, 4) is 5.75 Å². The van der Waals surface area contributed by atoms with Crippen LogP contribution < -0.4 is 10.1 Å². The number of esters is 1. The highest BCUT2D eigenvalue weighted by Crippen LogP contribution is 2.34. The Morgan fingerprint density at radius 1 is 1.44 bits per heavy atom. The van der Waals surface area contributed by atoms with E-state index in [0.29, 0.717) is 17.3 Å². The molecule has 27 heavy (non-hydrogen) atoms. The van der Waals surface area contributed by atoms with Gasteiger partial charge in [-0.25, -0.2) is 4.98 Å². The van der Waals surface area contributed by atoms with Gasteiger partial charge in [-0.3, -0.25) is 10.1 Å². The van der Waals surface area contributed by atoms with Gasteiger partial charge < -0.3 is 14.5 Å². The molecule has 0 amide bonds. The van der Waals surface area contributed by atoms with Crippen LogP contribution >= 0.6 is 23.4 Å². The number of imidazole rings is 1. The Morgan fingerprint density at radius 2 is 2.22 bits per heavy atom. The summed E-state index contributed by atoms with van der Waals surface area (Å²) in [5.41, 5.74) is 1.42. The third kappa shape index (κ3) is 5.18. The Balaban J connectivity index is 1.74. The number of fused-ring (bicyclic) bond motifs is 1. The van der Waals surface area contributed by atoms with Crippen LogP contribution in [0.1, 0.15) is 37.7 Å². The second kappa shape index (κ2) is 8.12. The van der Waals surface area contributed by atoms with Crippen molar-refractivity contribution in [3.05, 3.63) is 40.3 Å². The molecule has 6 nitrogen and oxygen atoms in total. The molecule has 1 atom stereocenters. The van der Waals surface area contributed by atoms with E-state index in [2.05, 4.69) is 15.3 Å². The third-order valence-electron chi connectivity index (χ3n) is 4.00. The van der Waals surface area contributed by atoms with Crippen molar-refractivity contribution in [3.63, 3.8) is 0 Å². The van der Waals surface area contributed by atoms with Gasteiger partial charge in [-0.05, 0) is 45.4 Å². The van der Waals surface area contributed by atoms with Gasteiger partial charge in [0.15, 0.2) is 0 Å². The summed E-state index contributed by atoms with van der Waals surface area (Å²) in [5.74, 6) is 1.98. The maximum absolute atomic E-state index is 12.4. The predicted molar refractivity (Wildman–Crippen MR) is 106 cm³/mol. The van der Waals surface area contributed by atoms with Crippen LogP contribution in [-0.4, -0.2) is 34.2 Å². The Labute approximate surface area is 168 Å². The summed E-state index contributed by atoms with van der Waals surface area (Å²) >= 11 is 8.08. The van der Waals surface area contributed by atoms with E-state index in [1.165, 1.54) is 0 Å². The summed E-state index contributed by atoms with van der Waals surface area (Å²) in [6.07, 6.45) is 1.81. The summed E-state index contributed by atoms with van der Waals surface area (Å²) in [6.45, 7) is 8.17. The number of carbonyl (C=O) groups is 1. The Kier molecular flexibility index (Phi) is 6.03. The summed E-state index contributed by atoms with van der Waals surface area (Å²) in [7, 11) is 0. The van der Waals surface area contributed by atoms with Crippen molar-refractivity contribution in [2.45, 2.75) is 56.7 Å². The van der Waals surface area contributed by atoms with E-state index in [9.17, 15) is 4.79 Å². The molecule has 146 valence electrons. The zero-order chi connectivity index (χ0) is 19.6. The lowest BCUT2D eigenvalue weighted by molar-refractivity contribution is -0.158. The minimum Gasteiger partial charge on any atom is -0.491 e. The van der Waals surface area contributed by atoms with Crippen LogP contribution in [0.2, 0.25) is 5.02 Å². The molecule has 0 fully saturated rings. The first-order valence-electron chi connectivity index (χ1n) is 8.76. The number of ether oxygens (including phenoxy) is 2. The Bertz CT molecular complexity index is 832. The zero-order valence-electron chi connectivity index (χ0n) is 15.9. The quantitative estimate of drug-likeness (QED) is 0.590. The number of halogens is 1. The molecule has 8 heteroatoms. The first-order valence-corrected chi connectivity index (χ1v) is 10.1. The van der Waals surface area contributed by atoms with Gasteiger partial charge in [0.2, 0.25) is 0 Å². The predicted octanol–water partition coefficient (Wildman–Crippen LogP) is 3.86. The van der Waals surface area contributed by atoms with Crippen LogP contribution in [0.15, 0.2) is 23.4 Å². The average molecular weight is 410 g/mol. The second-order valence-electron chi connectivity index (χ2n) is 7.40. The van der Waals surface area contributed by atoms with E-state index in [1.54, 1.807) is 11.8 Å². The maximum atomic E-state index is 12.4. The lowest BCUT2D eigenvalue weighted by Crippen LogP contribution is -2.43. The molecule has 1 aliphatic heterocycles. The average Bonchev–Trinajstić information content (AvgIpc) is 2.86. The topological polar surface area (TPSA) is 76.2 Å². The third-order valence-corrected chi connectivity index (χ3v) is 5.31. The molecule has 0 saturated carbocycles. The van der Waals surface area contributed by atoms with Gasteiger partial charge in [0.1, 0.15) is 29.8 Å². The molecule has 3 rings (SSSR count). The van der Waals surface area contributed by atoms with Crippen LogP contribution in [0.3, 0.4) is 0 Å². The van der Waals surface area contributed by atoms with Gasteiger partial charge in [-0.15, -0.1) is 11.8 Å². The van der Waals surface area contributed by atoms with Gasteiger partial charge >= 0.3 is 5.97 Å². The van der Waals surface area contributed by atoms with Crippen LogP contribution in [-0.2, 0) is 21.8 Å². The number of hydrogen-bond donors (Lipinski definition) is 2. The van der Waals surface area contributed by atoms with Gasteiger partial charge in [0.25, 0.3) is 0 Å². The molecular formula is C19H24ClN3O3S. The lowest BCUT2D eigenvalue weighted by Gasteiger charge is -2.23. The number of aromatic amines is 1. The first kappa shape index (κ1) is 20.0. The van der Waals surface area contributed by atoms with E-state index in [0.717, 1.165) is 27.7 Å². The number of carbonyl (C=O) groups excluding carboxylic acids is 1. The fraction of sp³-hybridized carbons (Fsp3) is 0.474. The maximum Gasteiger partial charge on any atom is 0.327 e. The highest BCUT2D eigenvalue weighted by molar-refractivity contribution is 7.98. The van der Waals surface area contributed by atoms with Crippen LogP contribution in [0.5, 0.6) is 5.75 Å². The summed E-state index contributed by atoms with van der Waals surface area (Å²) < 4.78 is 11.4. The molecule has 1 unspecified atom stereocenters. The highest BCUT2D eigenvalue weighted by atomic mass is 35.5. The summed E-state index contributed by atoms with van der Waals surface area (Å²) in [5, 5.41) is 4.90. The second-order valence-corrected chi connectivity index (χ2v) is 8.83. The molecule has 1 aliphatic rings. The molecule has 0 saturated heterocycles. The molecule has 2 heterocycles. The van der Waals surface area contributed by atoms with Crippen molar-refractivity contribution in [2.24, 2.45) is 0 Å². The fourth-order valence-electron chi connectivity index (χ4n) is 2.73. The van der Waals surface area contributed by atoms with E-state index in [-0.39, 0.29) is 12.6 Å². The minimum atomic E-state index is -0.536. The number of rotatable bonds is 4. The SMILES string of the molecule is Cc1ncc(SCc2c(Cl)ccc3c2CNC(C(=O)OC(C)(C)C)CO3)[nH]1. The van der Waals surface area contributed by atoms with Crippen molar-refractivity contribution in [1.29, 1.82) is 0 Å². The minimum absolute atomic E-state index is 0.218. The van der Waals surface area contributed by atoms with Crippen molar-refractivity contribution < 1.29 is 14.3 Å². The van der Waals surface area contributed by atoms with Crippen LogP contribution in [0.4, 0.5) is 0 Å². The lowest BCUT2D eigenvalue weighted by atomic mass is 10.1. The summed E-state index contributed by atoms with van der Waals surface area (Å²) in [6, 6.07) is 3.17. The number of hydrogen-bond acceptors (Lipinski definition) is 6. The number of aromatic nitrogens is 2. The molecule has 2 aromatic rings. The van der Waals surface area contributed by atoms with E-state index >= 15 is 0 Å². The molecule has 0 spiro atoms. The van der Waals surface area contributed by atoms with Gasteiger partial charge in [0, 0.05) is 22.9 Å². The number of nitrogens with zero attached hydrogens (tertiary/aromatic N) is 1. The standard InChI is InChI=1S/C19H24ClN3O3S/c1-11-21-8-17(23-11)27-10-13-12-7-22-15(18(24)26-19(2,3)4)9-25-16(12)6-5-14(13)20/h5-6,8,15,22H,7,9-10H2,1-4H3,(H,21,23). The number of H-pyrrole nitrogens is 1. The van der Waals surface area contributed by atoms with Crippen LogP contribution in [0, 0.1) is 6.92 Å². The van der Waals surface area contributed by atoms with Gasteiger partial charge in [-0.1, -0.05) is 11.6 Å². The molecule has 0 bridgehead atoms. The monoisotopic (exact) mass is 409 g/mol. The summed E-state index contributed by atoms with van der Waals surface area (Å²) in [4.78, 5) is 19.8. The molecule has 2 N–H and O–H groups in total. The van der Waals surface area contributed by atoms with Crippen LogP contribution in [0.25, 0.3) is 0 Å². The molecule has 1 aromatic heterocycles. The van der Waals surface area contributed by atoms with Gasteiger partial charge in [-0.2, -0.15) is 0 Å². The van der Waals surface area contributed by atoms with E-state index in [1.807, 2.05) is 46.0 Å².